The smallest absolute Gasteiger partial charge is 0.0399 e. The maximum absolute atomic E-state index is 2.70. The highest BCUT2D eigenvalue weighted by Gasteiger charge is 2.25. The molecule has 0 amide bonds. The molecule has 2 atom stereocenters. The first-order chi connectivity index (χ1) is 11.3. The molecule has 0 saturated carbocycles. The van der Waals surface area contributed by atoms with E-state index in [2.05, 4.69) is 60.1 Å². The van der Waals surface area contributed by atoms with Gasteiger partial charge in [0.05, 0.1) is 0 Å². The van der Waals surface area contributed by atoms with Gasteiger partial charge in [-0.3, -0.25) is 4.90 Å². The average Bonchev–Trinajstić information content (AvgIpc) is 3.14. The van der Waals surface area contributed by atoms with E-state index < -0.39 is 0 Å². The molecule has 1 saturated heterocycles. The molecule has 1 heterocycles. The van der Waals surface area contributed by atoms with Crippen molar-refractivity contribution in [2.75, 3.05) is 37.6 Å². The van der Waals surface area contributed by atoms with Gasteiger partial charge in [0, 0.05) is 38.4 Å². The topological polar surface area (TPSA) is 6.48 Å². The zero-order valence-electron chi connectivity index (χ0n) is 14.9. The first-order valence-electron chi connectivity index (χ1n) is 9.53. The maximum atomic E-state index is 2.70. The lowest BCUT2D eigenvalue weighted by Crippen LogP contribution is -2.48. The third kappa shape index (κ3) is 3.98. The van der Waals surface area contributed by atoms with Gasteiger partial charge in [-0.15, -0.1) is 0 Å². The molecule has 2 heteroatoms. The maximum Gasteiger partial charge on any atom is 0.0399 e. The van der Waals surface area contributed by atoms with Crippen LogP contribution in [0.1, 0.15) is 38.7 Å². The summed E-state index contributed by atoms with van der Waals surface area (Å²) in [4.78, 5) is 5.29. The predicted octanol–water partition coefficient (Wildman–Crippen LogP) is 4.36. The summed E-state index contributed by atoms with van der Waals surface area (Å²) in [5, 5.41) is 0. The molecule has 2 aliphatic rings. The Balaban J connectivity index is 1.54. The van der Waals surface area contributed by atoms with Crippen LogP contribution in [0, 0.1) is 11.8 Å². The van der Waals surface area contributed by atoms with E-state index in [1.54, 1.807) is 0 Å². The van der Waals surface area contributed by atoms with Crippen molar-refractivity contribution < 1.29 is 0 Å². The second-order valence-electron chi connectivity index (χ2n) is 7.11. The Morgan fingerprint density at radius 1 is 1.09 bits per heavy atom. The number of para-hydroxylation sites is 1. The van der Waals surface area contributed by atoms with E-state index in [9.17, 15) is 0 Å². The van der Waals surface area contributed by atoms with Crippen molar-refractivity contribution in [1.29, 1.82) is 0 Å². The van der Waals surface area contributed by atoms with Crippen molar-refractivity contribution >= 4 is 5.69 Å². The van der Waals surface area contributed by atoms with Crippen LogP contribution in [-0.2, 0) is 6.42 Å². The van der Waals surface area contributed by atoms with Gasteiger partial charge in [-0.05, 0) is 42.7 Å². The van der Waals surface area contributed by atoms with E-state index in [1.807, 2.05) is 0 Å². The van der Waals surface area contributed by atoms with Crippen LogP contribution in [0.3, 0.4) is 0 Å². The summed E-state index contributed by atoms with van der Waals surface area (Å²) in [6, 6.07) is 8.92. The molecule has 126 valence electrons. The molecule has 0 aromatic heterocycles. The van der Waals surface area contributed by atoms with Crippen LogP contribution in [0.25, 0.3) is 0 Å². The minimum absolute atomic E-state index is 0.832. The fraction of sp³-hybridized carbons (Fsp3) is 0.619. The van der Waals surface area contributed by atoms with Crippen LogP contribution >= 0.6 is 0 Å². The van der Waals surface area contributed by atoms with Gasteiger partial charge in [-0.1, -0.05) is 50.6 Å². The summed E-state index contributed by atoms with van der Waals surface area (Å²) in [6.07, 6.45) is 9.97. The number of anilines is 1. The van der Waals surface area contributed by atoms with Crippen LogP contribution < -0.4 is 4.90 Å². The Bertz CT molecular complexity index is 514. The fourth-order valence-electron chi connectivity index (χ4n) is 4.24. The van der Waals surface area contributed by atoms with Gasteiger partial charge >= 0.3 is 0 Å². The Labute approximate surface area is 142 Å². The molecule has 23 heavy (non-hydrogen) atoms. The number of nitrogens with zero attached hydrogens (tertiary/aromatic N) is 2. The summed E-state index contributed by atoms with van der Waals surface area (Å²) in [6.45, 7) is 10.7. The molecule has 0 radical (unpaired) electrons. The molecule has 1 aliphatic heterocycles. The van der Waals surface area contributed by atoms with Crippen LogP contribution in [0.4, 0.5) is 5.69 Å². The standard InChI is InChI=1S/C21H32N2/c1-3-18-9-7-8-12-21(18)23-15-13-22(14-16-23)17-19(4-2)20-10-5-6-11-20/h5,7-10,12,19-20H,3-4,6,11,13-17H2,1-2H3. The van der Waals surface area contributed by atoms with Crippen molar-refractivity contribution in [3.05, 3.63) is 42.0 Å². The molecule has 0 bridgehead atoms. The number of aryl methyl sites for hydroxylation is 1. The monoisotopic (exact) mass is 312 g/mol. The number of benzene rings is 1. The lowest BCUT2D eigenvalue weighted by molar-refractivity contribution is 0.191. The minimum atomic E-state index is 0.832. The Kier molecular flexibility index (Phi) is 5.77. The van der Waals surface area contributed by atoms with Crippen LogP contribution in [0.5, 0.6) is 0 Å². The van der Waals surface area contributed by atoms with Gasteiger partial charge in [0.15, 0.2) is 0 Å². The van der Waals surface area contributed by atoms with Gasteiger partial charge in [-0.2, -0.15) is 0 Å². The highest BCUT2D eigenvalue weighted by molar-refractivity contribution is 5.54. The quantitative estimate of drug-likeness (QED) is 0.720. The highest BCUT2D eigenvalue weighted by Crippen LogP contribution is 2.29. The molecule has 1 aliphatic carbocycles. The number of hydrogen-bond donors (Lipinski definition) is 0. The summed E-state index contributed by atoms with van der Waals surface area (Å²) in [5.74, 6) is 1.68. The molecule has 1 aromatic rings. The first kappa shape index (κ1) is 16.6. The molecule has 2 unspecified atom stereocenters. The summed E-state index contributed by atoms with van der Waals surface area (Å²) < 4.78 is 0. The zero-order valence-corrected chi connectivity index (χ0v) is 14.9. The fourth-order valence-corrected chi connectivity index (χ4v) is 4.24. The molecule has 1 fully saturated rings. The largest absolute Gasteiger partial charge is 0.369 e. The Hall–Kier alpha value is -1.28. The Morgan fingerprint density at radius 3 is 2.52 bits per heavy atom. The lowest BCUT2D eigenvalue weighted by Gasteiger charge is -2.39. The number of hydrogen-bond acceptors (Lipinski definition) is 2. The second-order valence-corrected chi connectivity index (χ2v) is 7.11. The molecule has 2 nitrogen and oxygen atoms in total. The lowest BCUT2D eigenvalue weighted by atomic mass is 9.89. The SMILES string of the molecule is CCc1ccccc1N1CCN(CC(CC)C2C=CCC2)CC1. The molecule has 1 aromatic carbocycles. The van der Waals surface area contributed by atoms with E-state index in [-0.39, 0.29) is 0 Å². The van der Waals surface area contributed by atoms with Crippen molar-refractivity contribution in [3.8, 4) is 0 Å². The molecule has 3 rings (SSSR count). The minimum Gasteiger partial charge on any atom is -0.369 e. The van der Waals surface area contributed by atoms with Crippen LogP contribution in [0.15, 0.2) is 36.4 Å². The summed E-state index contributed by atoms with van der Waals surface area (Å²) in [5.41, 5.74) is 2.95. The van der Waals surface area contributed by atoms with Crippen molar-refractivity contribution in [2.45, 2.75) is 39.5 Å². The van der Waals surface area contributed by atoms with Gasteiger partial charge in [0.25, 0.3) is 0 Å². The van der Waals surface area contributed by atoms with Crippen LogP contribution in [-0.4, -0.2) is 37.6 Å². The van der Waals surface area contributed by atoms with Crippen LogP contribution in [0.2, 0.25) is 0 Å². The predicted molar refractivity (Wildman–Crippen MR) is 100 cm³/mol. The summed E-state index contributed by atoms with van der Waals surface area (Å²) >= 11 is 0. The molecular formula is C21H32N2. The highest BCUT2D eigenvalue weighted by atomic mass is 15.3. The van der Waals surface area contributed by atoms with Gasteiger partial charge in [0.1, 0.15) is 0 Å². The van der Waals surface area contributed by atoms with E-state index >= 15 is 0 Å². The number of piperazine rings is 1. The number of rotatable bonds is 6. The zero-order chi connectivity index (χ0) is 16.1. The third-order valence-electron chi connectivity index (χ3n) is 5.76. The van der Waals surface area contributed by atoms with E-state index in [0.717, 1.165) is 18.3 Å². The van der Waals surface area contributed by atoms with Crippen molar-refractivity contribution in [1.82, 2.24) is 4.90 Å². The van der Waals surface area contributed by atoms with E-state index in [1.165, 1.54) is 63.2 Å². The van der Waals surface area contributed by atoms with Crippen molar-refractivity contribution in [3.63, 3.8) is 0 Å². The van der Waals surface area contributed by atoms with E-state index in [4.69, 9.17) is 0 Å². The average molecular weight is 313 g/mol. The molecular weight excluding hydrogens is 280 g/mol. The molecule has 0 N–H and O–H groups in total. The van der Waals surface area contributed by atoms with Gasteiger partial charge < -0.3 is 4.90 Å². The second kappa shape index (κ2) is 8.01. The van der Waals surface area contributed by atoms with E-state index in [0.29, 0.717) is 0 Å². The Morgan fingerprint density at radius 2 is 1.87 bits per heavy atom. The summed E-state index contributed by atoms with van der Waals surface area (Å²) in [7, 11) is 0. The van der Waals surface area contributed by atoms with Gasteiger partial charge in [0.2, 0.25) is 0 Å². The number of allylic oxidation sites excluding steroid dienone is 2. The first-order valence-corrected chi connectivity index (χ1v) is 9.53. The third-order valence-corrected chi connectivity index (χ3v) is 5.76. The van der Waals surface area contributed by atoms with Crippen molar-refractivity contribution in [2.24, 2.45) is 11.8 Å². The normalized spacial score (nSPS) is 23.4. The van der Waals surface area contributed by atoms with Gasteiger partial charge in [-0.25, -0.2) is 0 Å². The molecule has 0 spiro atoms.